The lowest BCUT2D eigenvalue weighted by Crippen LogP contribution is -2.38. The van der Waals surface area contributed by atoms with E-state index in [-0.39, 0.29) is 5.91 Å². The molecule has 1 saturated heterocycles. The first-order valence-electron chi connectivity index (χ1n) is 8.94. The summed E-state index contributed by atoms with van der Waals surface area (Å²) in [6, 6.07) is 8.00. The molecule has 0 unspecified atom stereocenters. The Morgan fingerprint density at radius 1 is 1.32 bits per heavy atom. The van der Waals surface area contributed by atoms with Crippen molar-refractivity contribution in [1.82, 2.24) is 15.0 Å². The highest BCUT2D eigenvalue weighted by Gasteiger charge is 2.25. The smallest absolute Gasteiger partial charge is 0.238 e. The molecule has 1 amide bonds. The highest BCUT2D eigenvalue weighted by molar-refractivity contribution is 5.93. The summed E-state index contributed by atoms with van der Waals surface area (Å²) in [5.41, 5.74) is 2.08. The van der Waals surface area contributed by atoms with Crippen molar-refractivity contribution >= 4 is 11.6 Å². The van der Waals surface area contributed by atoms with Crippen molar-refractivity contribution in [2.75, 3.05) is 25.0 Å². The van der Waals surface area contributed by atoms with Crippen molar-refractivity contribution in [2.45, 2.75) is 45.4 Å². The number of nitrogens with zero attached hydrogens (tertiary/aromatic N) is 3. The lowest BCUT2D eigenvalue weighted by atomic mass is 9.97. The number of carbonyl (C=O) groups excluding carboxylic acids is 1. The average Bonchev–Trinajstić information content (AvgIpc) is 3.02. The molecule has 6 heteroatoms. The van der Waals surface area contributed by atoms with E-state index in [0.29, 0.717) is 24.2 Å². The molecule has 2 aromatic rings. The minimum atomic E-state index is 0.0418. The number of hydrogen-bond acceptors (Lipinski definition) is 5. The molecule has 1 aromatic heterocycles. The maximum Gasteiger partial charge on any atom is 0.238 e. The predicted octanol–water partition coefficient (Wildman–Crippen LogP) is 3.32. The molecule has 1 N–H and O–H groups in total. The maximum atomic E-state index is 12.4. The molecule has 1 fully saturated rings. The van der Waals surface area contributed by atoms with Crippen molar-refractivity contribution in [1.29, 1.82) is 0 Å². The zero-order chi connectivity index (χ0) is 17.8. The second kappa shape index (κ2) is 7.78. The van der Waals surface area contributed by atoms with Gasteiger partial charge in [0.1, 0.15) is 0 Å². The van der Waals surface area contributed by atoms with Crippen molar-refractivity contribution in [2.24, 2.45) is 0 Å². The van der Waals surface area contributed by atoms with E-state index in [2.05, 4.69) is 40.3 Å². The molecule has 6 nitrogen and oxygen atoms in total. The fourth-order valence-corrected chi connectivity index (χ4v) is 3.32. The molecule has 0 atom stereocenters. The summed E-state index contributed by atoms with van der Waals surface area (Å²) in [5, 5.41) is 6.93. The molecule has 1 aromatic carbocycles. The van der Waals surface area contributed by atoms with Gasteiger partial charge in [-0.05, 0) is 50.4 Å². The Hall–Kier alpha value is -2.21. The summed E-state index contributed by atoms with van der Waals surface area (Å²) in [6.45, 7) is 8.25. The van der Waals surface area contributed by atoms with Gasteiger partial charge in [0.2, 0.25) is 11.8 Å². The van der Waals surface area contributed by atoms with Crippen LogP contribution in [0.2, 0.25) is 0 Å². The van der Waals surface area contributed by atoms with Gasteiger partial charge in [-0.2, -0.15) is 4.98 Å². The summed E-state index contributed by atoms with van der Waals surface area (Å²) in [5.74, 6) is 2.14. The number of likely N-dealkylation sites (tertiary alicyclic amines) is 1. The third-order valence-electron chi connectivity index (χ3n) is 4.70. The number of para-hydroxylation sites is 1. The SMILES string of the molecule is Cc1noc(C2CCN(CC(=O)Nc3ccccc3C(C)C)CC2)n1. The Morgan fingerprint density at radius 3 is 2.68 bits per heavy atom. The highest BCUT2D eigenvalue weighted by Crippen LogP contribution is 2.27. The van der Waals surface area contributed by atoms with Crippen molar-refractivity contribution in [3.8, 4) is 0 Å². The number of nitrogens with one attached hydrogen (secondary N) is 1. The topological polar surface area (TPSA) is 71.3 Å². The fourth-order valence-electron chi connectivity index (χ4n) is 3.32. The molecule has 134 valence electrons. The van der Waals surface area contributed by atoms with Gasteiger partial charge in [-0.15, -0.1) is 0 Å². The van der Waals surface area contributed by atoms with E-state index in [1.165, 1.54) is 5.56 Å². The van der Waals surface area contributed by atoms with Gasteiger partial charge < -0.3 is 9.84 Å². The third kappa shape index (κ3) is 4.45. The number of anilines is 1. The number of piperidine rings is 1. The Morgan fingerprint density at radius 2 is 2.04 bits per heavy atom. The number of rotatable bonds is 5. The summed E-state index contributed by atoms with van der Waals surface area (Å²) >= 11 is 0. The normalized spacial score (nSPS) is 16.3. The molecule has 0 radical (unpaired) electrons. The maximum absolute atomic E-state index is 12.4. The van der Waals surface area contributed by atoms with Crippen LogP contribution in [0.5, 0.6) is 0 Å². The number of amides is 1. The van der Waals surface area contributed by atoms with Gasteiger partial charge in [-0.25, -0.2) is 0 Å². The first-order chi connectivity index (χ1) is 12.0. The van der Waals surface area contributed by atoms with Gasteiger partial charge in [-0.1, -0.05) is 37.2 Å². The first kappa shape index (κ1) is 17.6. The zero-order valence-corrected chi connectivity index (χ0v) is 15.2. The molecule has 25 heavy (non-hydrogen) atoms. The third-order valence-corrected chi connectivity index (χ3v) is 4.70. The second-order valence-electron chi connectivity index (χ2n) is 7.02. The van der Waals surface area contributed by atoms with Crippen LogP contribution >= 0.6 is 0 Å². The van der Waals surface area contributed by atoms with Gasteiger partial charge in [0.25, 0.3) is 0 Å². The van der Waals surface area contributed by atoms with Crippen LogP contribution in [-0.4, -0.2) is 40.6 Å². The van der Waals surface area contributed by atoms with Gasteiger partial charge in [0.15, 0.2) is 5.82 Å². The van der Waals surface area contributed by atoms with E-state index in [4.69, 9.17) is 4.52 Å². The monoisotopic (exact) mass is 342 g/mol. The molecular weight excluding hydrogens is 316 g/mol. The highest BCUT2D eigenvalue weighted by atomic mass is 16.5. The Kier molecular flexibility index (Phi) is 5.48. The number of hydrogen-bond donors (Lipinski definition) is 1. The molecule has 0 aliphatic carbocycles. The second-order valence-corrected chi connectivity index (χ2v) is 7.02. The lowest BCUT2D eigenvalue weighted by Gasteiger charge is -2.29. The molecule has 0 saturated carbocycles. The van der Waals surface area contributed by atoms with Crippen LogP contribution in [0, 0.1) is 6.92 Å². The fraction of sp³-hybridized carbons (Fsp3) is 0.526. The molecule has 0 spiro atoms. The zero-order valence-electron chi connectivity index (χ0n) is 15.2. The minimum Gasteiger partial charge on any atom is -0.339 e. The van der Waals surface area contributed by atoms with E-state index in [0.717, 1.165) is 37.5 Å². The van der Waals surface area contributed by atoms with E-state index < -0.39 is 0 Å². The van der Waals surface area contributed by atoms with Gasteiger partial charge in [0, 0.05) is 11.6 Å². The van der Waals surface area contributed by atoms with Crippen molar-refractivity contribution in [3.63, 3.8) is 0 Å². The number of aryl methyl sites for hydroxylation is 1. The quantitative estimate of drug-likeness (QED) is 0.902. The number of carbonyl (C=O) groups is 1. The van der Waals surface area contributed by atoms with Crippen LogP contribution in [0.4, 0.5) is 5.69 Å². The largest absolute Gasteiger partial charge is 0.339 e. The van der Waals surface area contributed by atoms with Gasteiger partial charge in [0.05, 0.1) is 6.54 Å². The van der Waals surface area contributed by atoms with Crippen LogP contribution in [0.1, 0.15) is 55.8 Å². The molecular formula is C19H26N4O2. The number of benzene rings is 1. The Balaban J connectivity index is 1.51. The molecule has 0 bridgehead atoms. The minimum absolute atomic E-state index is 0.0418. The molecule has 1 aliphatic rings. The lowest BCUT2D eigenvalue weighted by molar-refractivity contribution is -0.117. The van der Waals surface area contributed by atoms with E-state index in [1.54, 1.807) is 0 Å². The van der Waals surface area contributed by atoms with Crippen LogP contribution in [0.25, 0.3) is 0 Å². The summed E-state index contributed by atoms with van der Waals surface area (Å²) in [6.07, 6.45) is 1.88. The standard InChI is InChI=1S/C19H26N4O2/c1-13(2)16-6-4-5-7-17(16)21-18(24)12-23-10-8-15(9-11-23)19-20-14(3)22-25-19/h4-7,13,15H,8-12H2,1-3H3,(H,21,24). The molecule has 1 aliphatic heterocycles. The van der Waals surface area contributed by atoms with Gasteiger partial charge in [-0.3, -0.25) is 9.69 Å². The van der Waals surface area contributed by atoms with Crippen molar-refractivity contribution in [3.05, 3.63) is 41.5 Å². The summed E-state index contributed by atoms with van der Waals surface area (Å²) < 4.78 is 5.28. The summed E-state index contributed by atoms with van der Waals surface area (Å²) in [7, 11) is 0. The van der Waals surface area contributed by atoms with Crippen molar-refractivity contribution < 1.29 is 9.32 Å². The predicted molar refractivity (Wildman–Crippen MR) is 96.6 cm³/mol. The first-order valence-corrected chi connectivity index (χ1v) is 8.94. The van der Waals surface area contributed by atoms with Gasteiger partial charge >= 0.3 is 0 Å². The summed E-state index contributed by atoms with van der Waals surface area (Å²) in [4.78, 5) is 18.9. The number of aromatic nitrogens is 2. The van der Waals surface area contributed by atoms with Crippen LogP contribution < -0.4 is 5.32 Å². The van der Waals surface area contributed by atoms with E-state index in [1.807, 2.05) is 25.1 Å². The van der Waals surface area contributed by atoms with Crippen LogP contribution in [0.15, 0.2) is 28.8 Å². The average molecular weight is 342 g/mol. The Labute approximate surface area is 148 Å². The van der Waals surface area contributed by atoms with E-state index >= 15 is 0 Å². The van der Waals surface area contributed by atoms with E-state index in [9.17, 15) is 4.79 Å². The van der Waals surface area contributed by atoms with Crippen LogP contribution in [-0.2, 0) is 4.79 Å². The molecule has 2 heterocycles. The Bertz CT molecular complexity index is 718. The molecule has 3 rings (SSSR count). The van der Waals surface area contributed by atoms with Crippen LogP contribution in [0.3, 0.4) is 0 Å².